The van der Waals surface area contributed by atoms with Gasteiger partial charge < -0.3 is 19.9 Å². The van der Waals surface area contributed by atoms with Crippen LogP contribution in [-0.4, -0.2) is 87.6 Å². The van der Waals surface area contributed by atoms with Gasteiger partial charge in [-0.05, 0) is 77.3 Å². The van der Waals surface area contributed by atoms with Crippen molar-refractivity contribution in [3.8, 4) is 0 Å². The lowest BCUT2D eigenvalue weighted by molar-refractivity contribution is -0.172. The number of carbonyl (C=O) groups is 3. The molecule has 1 aromatic carbocycles. The number of aromatic amines is 1. The number of nitrogens with one attached hydrogen (secondary N) is 2. The zero-order chi connectivity index (χ0) is 29.7. The molecule has 42 heavy (non-hydrogen) atoms. The Bertz CT molecular complexity index is 1520. The van der Waals surface area contributed by atoms with Crippen LogP contribution in [0.15, 0.2) is 28.9 Å². The SMILES string of the molecule is CC(C)C[C@@H]1C(=O)N2CCC[C@H]2[C@H]2O[C@@](NC(=O)[C@H]3C=C4c5cccc6[nH]c(Br)c(c56)C[C@H]4N(C)C3)(C(C)C)C(=O)N12. The molecule has 4 aliphatic heterocycles. The van der Waals surface area contributed by atoms with E-state index >= 15 is 0 Å². The van der Waals surface area contributed by atoms with Crippen LogP contribution in [0.5, 0.6) is 0 Å². The van der Waals surface area contributed by atoms with E-state index in [2.05, 4.69) is 70.2 Å². The fourth-order valence-electron chi connectivity index (χ4n) is 8.07. The minimum Gasteiger partial charge on any atom is -0.349 e. The van der Waals surface area contributed by atoms with Gasteiger partial charge in [-0.1, -0.05) is 45.9 Å². The summed E-state index contributed by atoms with van der Waals surface area (Å²) in [4.78, 5) is 51.4. The van der Waals surface area contributed by atoms with E-state index in [9.17, 15) is 14.4 Å². The van der Waals surface area contributed by atoms with E-state index in [0.717, 1.165) is 40.5 Å². The normalized spacial score (nSPS) is 32.5. The second-order valence-corrected chi connectivity index (χ2v) is 14.3. The van der Waals surface area contributed by atoms with Gasteiger partial charge in [0, 0.05) is 36.0 Å². The first-order valence-corrected chi connectivity index (χ1v) is 16.2. The molecule has 224 valence electrons. The van der Waals surface area contributed by atoms with Crippen LogP contribution in [0.25, 0.3) is 16.5 Å². The Morgan fingerprint density at radius 1 is 1.24 bits per heavy atom. The summed E-state index contributed by atoms with van der Waals surface area (Å²) in [5, 5.41) is 4.34. The Kier molecular flexibility index (Phi) is 6.64. The van der Waals surface area contributed by atoms with Gasteiger partial charge in [-0.15, -0.1) is 0 Å². The van der Waals surface area contributed by atoms with Gasteiger partial charge in [0.1, 0.15) is 6.04 Å². The van der Waals surface area contributed by atoms with Crippen molar-refractivity contribution in [2.45, 2.75) is 83.5 Å². The van der Waals surface area contributed by atoms with E-state index in [-0.39, 0.29) is 41.6 Å². The third kappa shape index (κ3) is 3.97. The third-order valence-electron chi connectivity index (χ3n) is 10.2. The summed E-state index contributed by atoms with van der Waals surface area (Å²) in [5.41, 5.74) is 3.12. The number of nitrogens with zero attached hydrogens (tertiary/aromatic N) is 3. The lowest BCUT2D eigenvalue weighted by Crippen LogP contribution is -2.65. The average molecular weight is 639 g/mol. The minimum absolute atomic E-state index is 0.0113. The molecule has 9 nitrogen and oxygen atoms in total. The highest BCUT2D eigenvalue weighted by Gasteiger charge is 2.64. The van der Waals surface area contributed by atoms with Crippen LogP contribution in [0.1, 0.15) is 58.1 Å². The van der Waals surface area contributed by atoms with Gasteiger partial charge in [-0.25, -0.2) is 0 Å². The largest absolute Gasteiger partial charge is 0.349 e. The van der Waals surface area contributed by atoms with Crippen molar-refractivity contribution >= 4 is 50.1 Å². The van der Waals surface area contributed by atoms with Crippen molar-refractivity contribution < 1.29 is 19.1 Å². The van der Waals surface area contributed by atoms with E-state index in [1.165, 1.54) is 10.9 Å². The van der Waals surface area contributed by atoms with E-state index in [1.807, 2.05) is 24.8 Å². The van der Waals surface area contributed by atoms with Gasteiger partial charge in [-0.3, -0.25) is 24.2 Å². The van der Waals surface area contributed by atoms with Crippen LogP contribution in [0.4, 0.5) is 0 Å². The number of benzene rings is 1. The Balaban J connectivity index is 1.23. The monoisotopic (exact) mass is 637 g/mol. The van der Waals surface area contributed by atoms with Crippen molar-refractivity contribution in [3.05, 3.63) is 40.0 Å². The Morgan fingerprint density at radius 2 is 2.02 bits per heavy atom. The van der Waals surface area contributed by atoms with E-state index in [0.29, 0.717) is 19.5 Å². The molecule has 2 aromatic rings. The van der Waals surface area contributed by atoms with Crippen LogP contribution in [0, 0.1) is 17.8 Å². The molecule has 3 saturated heterocycles. The van der Waals surface area contributed by atoms with Crippen molar-refractivity contribution in [1.29, 1.82) is 0 Å². The number of fused-ring (bicyclic) bond motifs is 5. The van der Waals surface area contributed by atoms with E-state index in [1.54, 1.807) is 4.90 Å². The highest BCUT2D eigenvalue weighted by molar-refractivity contribution is 9.10. The number of likely N-dealkylation sites (N-methyl/N-ethyl adjacent to an activating group) is 1. The van der Waals surface area contributed by atoms with Gasteiger partial charge in [0.25, 0.3) is 5.91 Å². The highest BCUT2D eigenvalue weighted by Crippen LogP contribution is 2.45. The smallest absolute Gasteiger partial charge is 0.279 e. The Hall–Kier alpha value is -2.69. The van der Waals surface area contributed by atoms with Crippen LogP contribution < -0.4 is 5.32 Å². The summed E-state index contributed by atoms with van der Waals surface area (Å²) in [7, 11) is 2.07. The Morgan fingerprint density at radius 3 is 2.76 bits per heavy atom. The Labute approximate surface area is 255 Å². The predicted molar refractivity (Wildman–Crippen MR) is 163 cm³/mol. The topological polar surface area (TPSA) is 98.0 Å². The van der Waals surface area contributed by atoms with Gasteiger partial charge >= 0.3 is 0 Å². The molecule has 6 atom stereocenters. The summed E-state index contributed by atoms with van der Waals surface area (Å²) >= 11 is 3.72. The number of rotatable bonds is 5. The van der Waals surface area contributed by atoms with Crippen molar-refractivity contribution in [2.24, 2.45) is 17.8 Å². The molecule has 0 spiro atoms. The molecular formula is C32H40BrN5O4. The maximum absolute atomic E-state index is 14.4. The number of amides is 3. The summed E-state index contributed by atoms with van der Waals surface area (Å²) in [6.07, 6.45) is 4.65. The summed E-state index contributed by atoms with van der Waals surface area (Å²) in [6, 6.07) is 5.67. The van der Waals surface area contributed by atoms with Crippen LogP contribution in [-0.2, 0) is 25.5 Å². The minimum atomic E-state index is -1.52. The number of ether oxygens (including phenoxy) is 1. The molecule has 5 aliphatic rings. The van der Waals surface area contributed by atoms with Gasteiger partial charge in [0.15, 0.2) is 6.23 Å². The van der Waals surface area contributed by atoms with Crippen molar-refractivity contribution in [1.82, 2.24) is 25.0 Å². The molecule has 0 bridgehead atoms. The number of hydrogen-bond acceptors (Lipinski definition) is 5. The van der Waals surface area contributed by atoms with Gasteiger partial charge in [0.2, 0.25) is 17.5 Å². The van der Waals surface area contributed by atoms with Crippen LogP contribution in [0.3, 0.4) is 0 Å². The molecule has 3 amide bonds. The number of hydrogen-bond donors (Lipinski definition) is 2. The van der Waals surface area contributed by atoms with Gasteiger partial charge in [-0.2, -0.15) is 0 Å². The predicted octanol–water partition coefficient (Wildman–Crippen LogP) is 3.87. The first kappa shape index (κ1) is 28.1. The molecular weight excluding hydrogens is 598 g/mol. The molecule has 0 unspecified atom stereocenters. The lowest BCUT2D eigenvalue weighted by Gasteiger charge is -2.44. The summed E-state index contributed by atoms with van der Waals surface area (Å²) in [6.45, 7) is 9.19. The first-order chi connectivity index (χ1) is 20.0. The zero-order valence-electron chi connectivity index (χ0n) is 24.9. The number of H-pyrrole nitrogens is 1. The van der Waals surface area contributed by atoms with Crippen molar-refractivity contribution in [3.63, 3.8) is 0 Å². The number of halogens is 1. The quantitative estimate of drug-likeness (QED) is 0.519. The maximum atomic E-state index is 14.4. The standard InChI is InChI=1S/C32H40BrN5O4/c1-16(2)12-25-29(40)37-11-7-10-23(37)30-38(25)31(41)32(42-30,17(3)4)35-28(39)18-13-20-19-8-6-9-22-26(19)21(27(33)34-22)14-24(20)36(5)15-18/h6,8-9,13,16-18,23-25,30,34H,7,10-12,14-15H2,1-5H3,(H,35,39)/t18-,23-,24+,25+,30+,32-/m0/s1. The molecule has 2 N–H and O–H groups in total. The molecule has 0 saturated carbocycles. The number of aromatic nitrogens is 1. The van der Waals surface area contributed by atoms with Crippen molar-refractivity contribution in [2.75, 3.05) is 20.1 Å². The van der Waals surface area contributed by atoms with Gasteiger partial charge in [0.05, 0.1) is 16.6 Å². The molecule has 5 heterocycles. The first-order valence-electron chi connectivity index (χ1n) is 15.4. The number of piperazine rings is 1. The summed E-state index contributed by atoms with van der Waals surface area (Å²) < 4.78 is 7.71. The molecule has 1 aliphatic carbocycles. The fraction of sp³-hybridized carbons (Fsp3) is 0.594. The molecule has 1 aromatic heterocycles. The average Bonchev–Trinajstić information content (AvgIpc) is 3.63. The molecule has 7 rings (SSSR count). The summed E-state index contributed by atoms with van der Waals surface area (Å²) in [5.74, 6) is -1.06. The molecule has 3 fully saturated rings. The second-order valence-electron chi connectivity index (χ2n) is 13.5. The maximum Gasteiger partial charge on any atom is 0.279 e. The van der Waals surface area contributed by atoms with Crippen LogP contribution in [0.2, 0.25) is 0 Å². The molecule has 0 radical (unpaired) electrons. The van der Waals surface area contributed by atoms with E-state index in [4.69, 9.17) is 4.74 Å². The lowest BCUT2D eigenvalue weighted by atomic mass is 9.79. The van der Waals surface area contributed by atoms with Crippen LogP contribution >= 0.6 is 15.9 Å². The highest BCUT2D eigenvalue weighted by atomic mass is 79.9. The molecule has 10 heteroatoms. The fourth-order valence-corrected chi connectivity index (χ4v) is 8.64. The number of carbonyl (C=O) groups excluding carboxylic acids is 3. The zero-order valence-corrected chi connectivity index (χ0v) is 26.5. The third-order valence-corrected chi connectivity index (χ3v) is 10.8. The van der Waals surface area contributed by atoms with E-state index < -0.39 is 23.9 Å². The second kappa shape index (κ2) is 9.92.